The van der Waals surface area contributed by atoms with E-state index in [2.05, 4.69) is 37.1 Å². The number of carbonyl (C=O) groups is 3. The highest BCUT2D eigenvalue weighted by molar-refractivity contribution is 9.10. The molecule has 0 bridgehead atoms. The van der Waals surface area contributed by atoms with Crippen LogP contribution in [-0.2, 0) is 14.4 Å². The molecule has 0 saturated carbocycles. The summed E-state index contributed by atoms with van der Waals surface area (Å²) in [4.78, 5) is 36.5. The van der Waals surface area contributed by atoms with Crippen LogP contribution in [0.25, 0.3) is 0 Å². The summed E-state index contributed by atoms with van der Waals surface area (Å²) in [6.45, 7) is 2.18. The quantitative estimate of drug-likeness (QED) is 0.172. The maximum absolute atomic E-state index is 12.4. The number of hydrogen-bond donors (Lipinski definition) is 3. The van der Waals surface area contributed by atoms with E-state index in [4.69, 9.17) is 18.9 Å². The van der Waals surface area contributed by atoms with Crippen LogP contribution in [0.15, 0.2) is 70.2 Å². The lowest BCUT2D eigenvalue weighted by Crippen LogP contribution is -2.32. The van der Waals surface area contributed by atoms with Gasteiger partial charge in [0.2, 0.25) is 0 Å². The van der Waals surface area contributed by atoms with Gasteiger partial charge in [0.25, 0.3) is 5.91 Å². The zero-order valence-corrected chi connectivity index (χ0v) is 23.0. The largest absolute Gasteiger partial charge is 0.497 e. The Balaban J connectivity index is 1.54. The first-order chi connectivity index (χ1) is 18.8. The zero-order chi connectivity index (χ0) is 28.2. The first-order valence-electron chi connectivity index (χ1n) is 11.6. The Morgan fingerprint density at radius 1 is 0.846 bits per heavy atom. The zero-order valence-electron chi connectivity index (χ0n) is 21.4. The van der Waals surface area contributed by atoms with Crippen molar-refractivity contribution in [3.8, 4) is 23.0 Å². The second kappa shape index (κ2) is 14.4. The number of nitrogens with zero attached hydrogens (tertiary/aromatic N) is 1. The minimum atomic E-state index is -0.952. The summed E-state index contributed by atoms with van der Waals surface area (Å²) in [5, 5.41) is 9.02. The highest BCUT2D eigenvalue weighted by atomic mass is 79.9. The summed E-state index contributed by atoms with van der Waals surface area (Å²) in [6, 6.07) is 16.7. The van der Waals surface area contributed by atoms with Crippen molar-refractivity contribution in [1.82, 2.24) is 5.43 Å². The number of ether oxygens (including phenoxy) is 4. The van der Waals surface area contributed by atoms with Gasteiger partial charge in [-0.1, -0.05) is 0 Å². The highest BCUT2D eigenvalue weighted by Crippen LogP contribution is 2.36. The highest BCUT2D eigenvalue weighted by Gasteiger charge is 2.15. The number of methoxy groups -OCH3 is 2. The number of hydrogen-bond acceptors (Lipinski definition) is 8. The van der Waals surface area contributed by atoms with Gasteiger partial charge < -0.3 is 29.6 Å². The van der Waals surface area contributed by atoms with E-state index in [9.17, 15) is 14.4 Å². The van der Waals surface area contributed by atoms with E-state index in [1.165, 1.54) is 20.4 Å². The van der Waals surface area contributed by atoms with Crippen molar-refractivity contribution in [3.05, 3.63) is 70.7 Å². The van der Waals surface area contributed by atoms with Crippen LogP contribution in [0.4, 0.5) is 11.4 Å². The third-order valence-electron chi connectivity index (χ3n) is 4.98. The van der Waals surface area contributed by atoms with Crippen LogP contribution in [0.1, 0.15) is 12.5 Å². The number of benzene rings is 3. The lowest BCUT2D eigenvalue weighted by Gasteiger charge is -2.13. The second-order valence-electron chi connectivity index (χ2n) is 7.71. The molecule has 0 spiro atoms. The van der Waals surface area contributed by atoms with Crippen LogP contribution in [0.3, 0.4) is 0 Å². The van der Waals surface area contributed by atoms with Crippen LogP contribution < -0.4 is 35.0 Å². The molecule has 3 amide bonds. The Labute approximate surface area is 233 Å². The van der Waals surface area contributed by atoms with Gasteiger partial charge in [0.15, 0.2) is 18.1 Å². The van der Waals surface area contributed by atoms with E-state index in [1.54, 1.807) is 60.7 Å². The van der Waals surface area contributed by atoms with Crippen LogP contribution in [-0.4, -0.2) is 51.4 Å². The van der Waals surface area contributed by atoms with Crippen molar-refractivity contribution in [2.45, 2.75) is 6.92 Å². The first-order valence-corrected chi connectivity index (χ1v) is 12.4. The molecule has 0 aromatic heterocycles. The number of amides is 3. The van der Waals surface area contributed by atoms with Crippen molar-refractivity contribution < 1.29 is 33.3 Å². The Hall–Kier alpha value is -4.58. The number of anilines is 2. The fourth-order valence-corrected chi connectivity index (χ4v) is 3.74. The average molecular weight is 599 g/mol. The van der Waals surface area contributed by atoms with Gasteiger partial charge in [-0.25, -0.2) is 5.43 Å². The Kier molecular flexibility index (Phi) is 10.7. The molecular formula is C27H27BrN4O7. The van der Waals surface area contributed by atoms with Crippen LogP contribution >= 0.6 is 15.9 Å². The number of hydrazone groups is 1. The summed E-state index contributed by atoms with van der Waals surface area (Å²) >= 11 is 3.40. The molecule has 12 heteroatoms. The molecule has 0 atom stereocenters. The molecule has 0 heterocycles. The fourth-order valence-electron chi connectivity index (χ4n) is 3.17. The van der Waals surface area contributed by atoms with Crippen molar-refractivity contribution in [1.29, 1.82) is 0 Å². The Morgan fingerprint density at radius 2 is 1.49 bits per heavy atom. The standard InChI is InChI=1S/C27H27BrN4O7/c1-4-38-21-11-7-18(8-12-21)30-24(33)16-39-25-22(28)13-17(14-23(25)37-3)15-29-32-27(35)26(34)31-19-5-9-20(36-2)10-6-19/h5-15H,4,16H2,1-3H3,(H,30,33)(H,31,34)(H,32,35)/b29-15-. The van der Waals surface area contributed by atoms with Crippen LogP contribution in [0, 0.1) is 0 Å². The second-order valence-corrected chi connectivity index (χ2v) is 8.56. The molecule has 0 aliphatic heterocycles. The third-order valence-corrected chi connectivity index (χ3v) is 5.57. The Bertz CT molecular complexity index is 1330. The Morgan fingerprint density at radius 3 is 2.10 bits per heavy atom. The molecular weight excluding hydrogens is 572 g/mol. The van der Waals surface area contributed by atoms with Gasteiger partial charge in [-0.05, 0) is 89.1 Å². The smallest absolute Gasteiger partial charge is 0.329 e. The lowest BCUT2D eigenvalue weighted by molar-refractivity contribution is -0.136. The maximum atomic E-state index is 12.4. The van der Waals surface area contributed by atoms with Gasteiger partial charge in [-0.15, -0.1) is 0 Å². The van der Waals surface area contributed by atoms with E-state index in [-0.39, 0.29) is 12.5 Å². The molecule has 0 aliphatic rings. The molecule has 0 aliphatic carbocycles. The molecule has 3 N–H and O–H groups in total. The van der Waals surface area contributed by atoms with Gasteiger partial charge in [0.05, 0.1) is 31.5 Å². The monoisotopic (exact) mass is 598 g/mol. The fraction of sp³-hybridized carbons (Fsp3) is 0.185. The van der Waals surface area contributed by atoms with E-state index in [0.717, 1.165) is 0 Å². The van der Waals surface area contributed by atoms with Gasteiger partial charge in [-0.3, -0.25) is 14.4 Å². The van der Waals surface area contributed by atoms with E-state index < -0.39 is 11.8 Å². The molecule has 0 fully saturated rings. The normalized spacial score (nSPS) is 10.5. The predicted molar refractivity (Wildman–Crippen MR) is 150 cm³/mol. The maximum Gasteiger partial charge on any atom is 0.329 e. The number of carbonyl (C=O) groups excluding carboxylic acids is 3. The molecule has 204 valence electrons. The van der Waals surface area contributed by atoms with E-state index in [1.807, 2.05) is 6.92 Å². The minimum Gasteiger partial charge on any atom is -0.497 e. The average Bonchev–Trinajstić information content (AvgIpc) is 2.93. The SMILES string of the molecule is CCOc1ccc(NC(=O)COc2c(Br)cc(/C=N\NC(=O)C(=O)Nc3ccc(OC)cc3)cc2OC)cc1. The van der Waals surface area contributed by atoms with E-state index >= 15 is 0 Å². The van der Waals surface area contributed by atoms with Crippen molar-refractivity contribution in [2.75, 3.05) is 38.1 Å². The number of nitrogens with one attached hydrogen (secondary N) is 3. The van der Waals surface area contributed by atoms with Crippen LogP contribution in [0.5, 0.6) is 23.0 Å². The first kappa shape index (κ1) is 29.0. The van der Waals surface area contributed by atoms with Gasteiger partial charge in [-0.2, -0.15) is 5.10 Å². The number of rotatable bonds is 11. The summed E-state index contributed by atoms with van der Waals surface area (Å²) in [6.07, 6.45) is 1.33. The molecule has 39 heavy (non-hydrogen) atoms. The van der Waals surface area contributed by atoms with Crippen molar-refractivity contribution in [3.63, 3.8) is 0 Å². The third kappa shape index (κ3) is 8.75. The predicted octanol–water partition coefficient (Wildman–Crippen LogP) is 3.97. The summed E-state index contributed by atoms with van der Waals surface area (Å²) in [5.74, 6) is -0.250. The van der Waals surface area contributed by atoms with Gasteiger partial charge >= 0.3 is 11.8 Å². The summed E-state index contributed by atoms with van der Waals surface area (Å²) in [5.41, 5.74) is 3.72. The van der Waals surface area contributed by atoms with Crippen molar-refractivity contribution >= 4 is 51.2 Å². The molecule has 3 rings (SSSR count). The molecule has 11 nitrogen and oxygen atoms in total. The van der Waals surface area contributed by atoms with Crippen molar-refractivity contribution in [2.24, 2.45) is 5.10 Å². The summed E-state index contributed by atoms with van der Waals surface area (Å²) < 4.78 is 22.0. The molecule has 0 unspecified atom stereocenters. The minimum absolute atomic E-state index is 0.269. The topological polar surface area (TPSA) is 137 Å². The lowest BCUT2D eigenvalue weighted by atomic mass is 10.2. The molecule has 3 aromatic rings. The molecule has 0 saturated heterocycles. The van der Waals surface area contributed by atoms with E-state index in [0.29, 0.717) is 51.0 Å². The molecule has 3 aromatic carbocycles. The number of halogens is 1. The van der Waals surface area contributed by atoms with Crippen LogP contribution in [0.2, 0.25) is 0 Å². The molecule has 0 radical (unpaired) electrons. The van der Waals surface area contributed by atoms with Gasteiger partial charge in [0, 0.05) is 11.4 Å². The summed E-state index contributed by atoms with van der Waals surface area (Å²) in [7, 11) is 2.97. The van der Waals surface area contributed by atoms with Gasteiger partial charge in [0.1, 0.15) is 11.5 Å².